The van der Waals surface area contributed by atoms with Crippen molar-refractivity contribution in [3.63, 3.8) is 0 Å². The van der Waals surface area contributed by atoms with E-state index >= 15 is 0 Å². The Balaban J connectivity index is 1.97. The molecule has 0 aromatic heterocycles. The first kappa shape index (κ1) is 13.2. The van der Waals surface area contributed by atoms with Crippen molar-refractivity contribution in [1.82, 2.24) is 4.90 Å². The second-order valence-electron chi connectivity index (χ2n) is 4.38. The number of amides is 1. The summed E-state index contributed by atoms with van der Waals surface area (Å²) in [5.74, 6) is -3.51. The third-order valence-corrected chi connectivity index (χ3v) is 4.04. The Bertz CT molecular complexity index is 634. The number of thioether (sulfide) groups is 1. The maximum absolute atomic E-state index is 13.1. The zero-order valence-corrected chi connectivity index (χ0v) is 11.0. The number of fused-ring (bicyclic) bond motifs is 1. The third kappa shape index (κ3) is 2.22. The zero-order chi connectivity index (χ0) is 14.3. The average molecular weight is 298 g/mol. The van der Waals surface area contributed by atoms with Crippen LogP contribution >= 0.6 is 11.8 Å². The second kappa shape index (κ2) is 4.97. The van der Waals surface area contributed by atoms with Crippen molar-refractivity contribution in [2.45, 2.75) is 6.42 Å². The average Bonchev–Trinajstić information content (AvgIpc) is 2.73. The summed E-state index contributed by atoms with van der Waals surface area (Å²) >= 11 is 1.47. The first-order chi connectivity index (χ1) is 9.56. The smallest absolute Gasteiger partial charge is 0.278 e. The molecule has 2 heterocycles. The van der Waals surface area contributed by atoms with Gasteiger partial charge in [0.1, 0.15) is 5.70 Å². The normalized spacial score (nSPS) is 20.4. The SMILES string of the molecule is O=C1C(=Cc2cc(F)c(F)c(F)c2)N=C2SCCCN12. The molecular formula is C13H9F3N2OS. The Hall–Kier alpha value is -1.76. The van der Waals surface area contributed by atoms with E-state index in [0.29, 0.717) is 11.7 Å². The molecule has 1 amide bonds. The highest BCUT2D eigenvalue weighted by Crippen LogP contribution is 2.28. The molecule has 3 nitrogen and oxygen atoms in total. The lowest BCUT2D eigenvalue weighted by molar-refractivity contribution is -0.122. The number of nitrogens with zero attached hydrogens (tertiary/aromatic N) is 2. The lowest BCUT2D eigenvalue weighted by atomic mass is 10.1. The fourth-order valence-electron chi connectivity index (χ4n) is 2.04. The molecule has 0 N–H and O–H groups in total. The molecule has 1 aromatic rings. The van der Waals surface area contributed by atoms with E-state index in [4.69, 9.17) is 0 Å². The van der Waals surface area contributed by atoms with Crippen LogP contribution in [0.2, 0.25) is 0 Å². The van der Waals surface area contributed by atoms with Crippen LogP contribution in [0.1, 0.15) is 12.0 Å². The summed E-state index contributed by atoms with van der Waals surface area (Å²) in [5.41, 5.74) is 0.179. The highest BCUT2D eigenvalue weighted by atomic mass is 32.2. The molecule has 1 saturated heterocycles. The van der Waals surface area contributed by atoms with Gasteiger partial charge in [-0.2, -0.15) is 0 Å². The van der Waals surface area contributed by atoms with Crippen LogP contribution in [0.5, 0.6) is 0 Å². The molecular weight excluding hydrogens is 289 g/mol. The molecule has 3 rings (SSSR count). The molecule has 104 valence electrons. The molecule has 0 saturated carbocycles. The molecule has 1 aromatic carbocycles. The van der Waals surface area contributed by atoms with Gasteiger partial charge in [0.05, 0.1) is 0 Å². The number of carbonyl (C=O) groups excluding carboxylic acids is 1. The number of halogens is 3. The first-order valence-electron chi connectivity index (χ1n) is 5.96. The molecule has 0 spiro atoms. The van der Waals surface area contributed by atoms with Gasteiger partial charge in [0.15, 0.2) is 22.6 Å². The first-order valence-corrected chi connectivity index (χ1v) is 6.94. The summed E-state index contributed by atoms with van der Waals surface area (Å²) in [6.07, 6.45) is 2.14. The number of hydrogen-bond acceptors (Lipinski definition) is 3. The van der Waals surface area contributed by atoms with Gasteiger partial charge in [-0.25, -0.2) is 18.2 Å². The number of carbonyl (C=O) groups is 1. The lowest BCUT2D eigenvalue weighted by Gasteiger charge is -2.21. The molecule has 0 unspecified atom stereocenters. The summed E-state index contributed by atoms with van der Waals surface area (Å²) in [5, 5.41) is 0.607. The highest BCUT2D eigenvalue weighted by molar-refractivity contribution is 8.13. The number of benzene rings is 1. The van der Waals surface area contributed by atoms with Crippen LogP contribution in [0, 0.1) is 17.5 Å². The van der Waals surface area contributed by atoms with Crippen LogP contribution in [0.25, 0.3) is 6.08 Å². The summed E-state index contributed by atoms with van der Waals surface area (Å²) in [6.45, 7) is 0.591. The number of rotatable bonds is 1. The Kier molecular flexibility index (Phi) is 3.29. The summed E-state index contributed by atoms with van der Waals surface area (Å²) in [7, 11) is 0. The monoisotopic (exact) mass is 298 g/mol. The molecule has 0 atom stereocenters. The third-order valence-electron chi connectivity index (χ3n) is 2.98. The van der Waals surface area contributed by atoms with Crippen LogP contribution in [0.15, 0.2) is 22.8 Å². The van der Waals surface area contributed by atoms with Crippen LogP contribution < -0.4 is 0 Å². The van der Waals surface area contributed by atoms with E-state index in [-0.39, 0.29) is 17.2 Å². The molecule has 1 fully saturated rings. The number of aliphatic imine (C=N–C) groups is 1. The van der Waals surface area contributed by atoms with Crippen LogP contribution in [0.4, 0.5) is 13.2 Å². The maximum atomic E-state index is 13.1. The van der Waals surface area contributed by atoms with Crippen molar-refractivity contribution in [2.75, 3.05) is 12.3 Å². The van der Waals surface area contributed by atoms with Gasteiger partial charge in [-0.05, 0) is 30.2 Å². The fraction of sp³-hybridized carbons (Fsp3) is 0.231. The molecule has 20 heavy (non-hydrogen) atoms. The predicted octanol–water partition coefficient (Wildman–Crippen LogP) is 2.78. The predicted molar refractivity (Wildman–Crippen MR) is 70.5 cm³/mol. The van der Waals surface area contributed by atoms with Gasteiger partial charge in [-0.1, -0.05) is 11.8 Å². The van der Waals surface area contributed by atoms with E-state index in [1.807, 2.05) is 0 Å². The van der Waals surface area contributed by atoms with Gasteiger partial charge in [-0.3, -0.25) is 9.69 Å². The molecule has 0 aliphatic carbocycles. The largest absolute Gasteiger partial charge is 0.286 e. The lowest BCUT2D eigenvalue weighted by Crippen LogP contribution is -2.34. The maximum Gasteiger partial charge on any atom is 0.278 e. The highest BCUT2D eigenvalue weighted by Gasteiger charge is 2.32. The Morgan fingerprint density at radius 1 is 1.25 bits per heavy atom. The van der Waals surface area contributed by atoms with Crippen molar-refractivity contribution in [3.05, 3.63) is 40.8 Å². The Morgan fingerprint density at radius 2 is 1.95 bits per heavy atom. The Labute approximate surface area is 117 Å². The van der Waals surface area contributed by atoms with Crippen molar-refractivity contribution in [1.29, 1.82) is 0 Å². The molecule has 0 bridgehead atoms. The van der Waals surface area contributed by atoms with Crippen LogP contribution in [-0.2, 0) is 4.79 Å². The van der Waals surface area contributed by atoms with Gasteiger partial charge in [-0.15, -0.1) is 0 Å². The van der Waals surface area contributed by atoms with Crippen LogP contribution in [0.3, 0.4) is 0 Å². The van der Waals surface area contributed by atoms with Gasteiger partial charge < -0.3 is 0 Å². The van der Waals surface area contributed by atoms with Gasteiger partial charge in [0.25, 0.3) is 5.91 Å². The van der Waals surface area contributed by atoms with Gasteiger partial charge in [0.2, 0.25) is 0 Å². The van der Waals surface area contributed by atoms with E-state index in [1.165, 1.54) is 22.7 Å². The van der Waals surface area contributed by atoms with Crippen molar-refractivity contribution in [3.8, 4) is 0 Å². The molecule has 2 aliphatic heterocycles. The van der Waals surface area contributed by atoms with E-state index < -0.39 is 17.5 Å². The summed E-state index contributed by atoms with van der Waals surface area (Å²) in [4.78, 5) is 17.7. The summed E-state index contributed by atoms with van der Waals surface area (Å²) < 4.78 is 39.1. The van der Waals surface area contributed by atoms with Crippen molar-refractivity contribution < 1.29 is 18.0 Å². The number of amidine groups is 1. The topological polar surface area (TPSA) is 32.7 Å². The minimum Gasteiger partial charge on any atom is -0.286 e. The van der Waals surface area contributed by atoms with Crippen molar-refractivity contribution >= 4 is 28.9 Å². The van der Waals surface area contributed by atoms with Crippen molar-refractivity contribution in [2.24, 2.45) is 4.99 Å². The zero-order valence-electron chi connectivity index (χ0n) is 10.2. The fourth-order valence-corrected chi connectivity index (χ4v) is 2.99. The van der Waals surface area contributed by atoms with Gasteiger partial charge in [0, 0.05) is 12.3 Å². The molecule has 0 radical (unpaired) electrons. The minimum absolute atomic E-state index is 0.0685. The van der Waals surface area contributed by atoms with Gasteiger partial charge >= 0.3 is 0 Å². The van der Waals surface area contributed by atoms with E-state index in [1.54, 1.807) is 0 Å². The minimum atomic E-state index is -1.52. The Morgan fingerprint density at radius 3 is 2.60 bits per heavy atom. The second-order valence-corrected chi connectivity index (χ2v) is 5.44. The quantitative estimate of drug-likeness (QED) is 0.590. The van der Waals surface area contributed by atoms with E-state index in [2.05, 4.69) is 4.99 Å². The molecule has 2 aliphatic rings. The summed E-state index contributed by atoms with van der Waals surface area (Å²) in [6, 6.07) is 1.67. The standard InChI is InChI=1S/C13H9F3N2OS/c14-8-4-7(5-9(15)11(8)16)6-10-12(19)18-2-1-3-20-13(18)17-10/h4-6H,1-3H2. The number of hydrogen-bond donors (Lipinski definition) is 0. The van der Waals surface area contributed by atoms with E-state index in [9.17, 15) is 18.0 Å². The van der Waals surface area contributed by atoms with E-state index in [0.717, 1.165) is 24.3 Å². The van der Waals surface area contributed by atoms with Crippen LogP contribution in [-0.4, -0.2) is 28.3 Å². The molecule has 7 heteroatoms.